The fourth-order valence-corrected chi connectivity index (χ4v) is 3.31. The Kier molecular flexibility index (Phi) is 4.02. The quantitative estimate of drug-likeness (QED) is 0.845. The van der Waals surface area contributed by atoms with Crippen molar-refractivity contribution in [2.24, 2.45) is 0 Å². The van der Waals surface area contributed by atoms with Crippen LogP contribution in [0, 0.1) is 0 Å². The van der Waals surface area contributed by atoms with Crippen LogP contribution < -0.4 is 0 Å². The van der Waals surface area contributed by atoms with Crippen molar-refractivity contribution in [3.63, 3.8) is 0 Å². The Bertz CT molecular complexity index is 553. The fraction of sp³-hybridized carbons (Fsp3) is 0.312. The second kappa shape index (κ2) is 6.09. The number of carbonyl (C=O) groups is 1. The molecule has 0 radical (unpaired) electrons. The topological polar surface area (TPSA) is 29.5 Å². The van der Waals surface area contributed by atoms with Gasteiger partial charge in [0.2, 0.25) is 0 Å². The van der Waals surface area contributed by atoms with Gasteiger partial charge in [0.1, 0.15) is 6.61 Å². The van der Waals surface area contributed by atoms with Gasteiger partial charge in [-0.15, -0.1) is 0 Å². The molecule has 1 fully saturated rings. The van der Waals surface area contributed by atoms with Crippen LogP contribution in [0.3, 0.4) is 0 Å². The molecule has 104 valence electrons. The highest BCUT2D eigenvalue weighted by molar-refractivity contribution is 7.07. The Balaban J connectivity index is 1.62. The van der Waals surface area contributed by atoms with Crippen molar-refractivity contribution in [3.05, 3.63) is 58.3 Å². The van der Waals surface area contributed by atoms with E-state index in [2.05, 4.69) is 16.8 Å². The monoisotopic (exact) mass is 287 g/mol. The Labute approximate surface area is 122 Å². The van der Waals surface area contributed by atoms with Gasteiger partial charge < -0.3 is 9.64 Å². The minimum atomic E-state index is -0.206. The molecule has 3 rings (SSSR count). The van der Waals surface area contributed by atoms with Crippen LogP contribution in [0.25, 0.3) is 0 Å². The zero-order valence-corrected chi connectivity index (χ0v) is 12.0. The maximum atomic E-state index is 12.2. The third-order valence-corrected chi connectivity index (χ3v) is 4.32. The number of ether oxygens (including phenoxy) is 1. The second-order valence-electron chi connectivity index (χ2n) is 4.95. The first-order chi connectivity index (χ1) is 9.84. The number of rotatable bonds is 3. The lowest BCUT2D eigenvalue weighted by Gasteiger charge is -2.23. The van der Waals surface area contributed by atoms with Gasteiger partial charge in [-0.2, -0.15) is 11.3 Å². The number of thiophene rings is 1. The summed E-state index contributed by atoms with van der Waals surface area (Å²) in [6, 6.07) is 12.1. The third-order valence-electron chi connectivity index (χ3n) is 3.62. The van der Waals surface area contributed by atoms with Gasteiger partial charge in [0, 0.05) is 6.54 Å². The van der Waals surface area contributed by atoms with E-state index in [4.69, 9.17) is 4.74 Å². The molecule has 0 saturated carbocycles. The molecule has 0 aliphatic carbocycles. The lowest BCUT2D eigenvalue weighted by atomic mass is 10.1. The van der Waals surface area contributed by atoms with Crippen LogP contribution in [0.2, 0.25) is 0 Å². The number of benzene rings is 1. The van der Waals surface area contributed by atoms with Crippen molar-refractivity contribution in [1.82, 2.24) is 4.90 Å². The highest BCUT2D eigenvalue weighted by Crippen LogP contribution is 2.33. The summed E-state index contributed by atoms with van der Waals surface area (Å²) in [5, 5.41) is 4.18. The zero-order valence-electron chi connectivity index (χ0n) is 11.2. The van der Waals surface area contributed by atoms with E-state index < -0.39 is 0 Å². The van der Waals surface area contributed by atoms with E-state index in [0.29, 0.717) is 6.61 Å². The predicted molar refractivity (Wildman–Crippen MR) is 79.6 cm³/mol. The molecule has 1 aromatic carbocycles. The van der Waals surface area contributed by atoms with E-state index >= 15 is 0 Å². The van der Waals surface area contributed by atoms with Crippen LogP contribution in [0.15, 0.2) is 47.2 Å². The van der Waals surface area contributed by atoms with E-state index in [1.807, 2.05) is 35.2 Å². The first-order valence-corrected chi connectivity index (χ1v) is 7.78. The van der Waals surface area contributed by atoms with E-state index in [1.54, 1.807) is 11.3 Å². The minimum absolute atomic E-state index is 0.185. The molecule has 1 aliphatic rings. The smallest absolute Gasteiger partial charge is 0.410 e. The lowest BCUT2D eigenvalue weighted by molar-refractivity contribution is 0.0921. The highest BCUT2D eigenvalue weighted by Gasteiger charge is 2.31. The summed E-state index contributed by atoms with van der Waals surface area (Å²) in [7, 11) is 0. The molecule has 0 unspecified atom stereocenters. The van der Waals surface area contributed by atoms with Crippen molar-refractivity contribution in [3.8, 4) is 0 Å². The molecule has 1 atom stereocenters. The lowest BCUT2D eigenvalue weighted by Crippen LogP contribution is -2.30. The molecule has 1 amide bonds. The first-order valence-electron chi connectivity index (χ1n) is 6.84. The largest absolute Gasteiger partial charge is 0.445 e. The highest BCUT2D eigenvalue weighted by atomic mass is 32.1. The van der Waals surface area contributed by atoms with Crippen molar-refractivity contribution in [1.29, 1.82) is 0 Å². The molecule has 2 heterocycles. The van der Waals surface area contributed by atoms with Gasteiger partial charge in [-0.05, 0) is 40.8 Å². The molecular weight excluding hydrogens is 270 g/mol. The summed E-state index contributed by atoms with van der Waals surface area (Å²) in [4.78, 5) is 14.1. The summed E-state index contributed by atoms with van der Waals surface area (Å²) >= 11 is 1.67. The summed E-state index contributed by atoms with van der Waals surface area (Å²) in [6.07, 6.45) is 1.86. The summed E-state index contributed by atoms with van der Waals surface area (Å²) < 4.78 is 5.43. The Morgan fingerprint density at radius 2 is 2.15 bits per heavy atom. The van der Waals surface area contributed by atoms with E-state index in [0.717, 1.165) is 24.9 Å². The maximum Gasteiger partial charge on any atom is 0.410 e. The first kappa shape index (κ1) is 13.2. The number of amides is 1. The van der Waals surface area contributed by atoms with Crippen molar-refractivity contribution in [2.45, 2.75) is 25.5 Å². The number of nitrogens with zero attached hydrogens (tertiary/aromatic N) is 1. The molecule has 1 saturated heterocycles. The van der Waals surface area contributed by atoms with Crippen LogP contribution in [0.5, 0.6) is 0 Å². The SMILES string of the molecule is O=C(OCc1ccccc1)N1CCC[C@H]1c1ccsc1. The van der Waals surface area contributed by atoms with Crippen molar-refractivity contribution < 1.29 is 9.53 Å². The Morgan fingerprint density at radius 3 is 2.90 bits per heavy atom. The Hall–Kier alpha value is -1.81. The molecule has 0 N–H and O–H groups in total. The molecular formula is C16H17NO2S. The maximum absolute atomic E-state index is 12.2. The van der Waals surface area contributed by atoms with Crippen molar-refractivity contribution in [2.75, 3.05) is 6.54 Å². The fourth-order valence-electron chi connectivity index (χ4n) is 2.60. The van der Waals surface area contributed by atoms with Crippen molar-refractivity contribution >= 4 is 17.4 Å². The third kappa shape index (κ3) is 2.85. The summed E-state index contributed by atoms with van der Waals surface area (Å²) in [5.74, 6) is 0. The minimum Gasteiger partial charge on any atom is -0.445 e. The molecule has 0 spiro atoms. The number of hydrogen-bond donors (Lipinski definition) is 0. The van der Waals surface area contributed by atoms with Gasteiger partial charge in [0.25, 0.3) is 0 Å². The van der Waals surface area contributed by atoms with Crippen LogP contribution >= 0.6 is 11.3 Å². The summed E-state index contributed by atoms with van der Waals surface area (Å²) in [6.45, 7) is 1.13. The number of likely N-dealkylation sites (tertiary alicyclic amines) is 1. The van der Waals surface area contributed by atoms with Gasteiger partial charge >= 0.3 is 6.09 Å². The van der Waals surface area contributed by atoms with Crippen LogP contribution in [0.4, 0.5) is 4.79 Å². The molecule has 1 aliphatic heterocycles. The number of carbonyl (C=O) groups excluding carboxylic acids is 1. The van der Waals surface area contributed by atoms with Gasteiger partial charge in [-0.1, -0.05) is 30.3 Å². The predicted octanol–water partition coefficient (Wildman–Crippen LogP) is 4.22. The van der Waals surface area contributed by atoms with Gasteiger partial charge in [0.05, 0.1) is 6.04 Å². The standard InChI is InChI=1S/C16H17NO2S/c18-16(19-11-13-5-2-1-3-6-13)17-9-4-7-15(17)14-8-10-20-12-14/h1-3,5-6,8,10,12,15H,4,7,9,11H2/t15-/m0/s1. The number of hydrogen-bond acceptors (Lipinski definition) is 3. The van der Waals surface area contributed by atoms with Gasteiger partial charge in [-0.25, -0.2) is 4.79 Å². The van der Waals surface area contributed by atoms with Gasteiger partial charge in [0.15, 0.2) is 0 Å². The van der Waals surface area contributed by atoms with E-state index in [9.17, 15) is 4.79 Å². The molecule has 2 aromatic rings. The zero-order chi connectivity index (χ0) is 13.8. The van der Waals surface area contributed by atoms with Gasteiger partial charge in [-0.3, -0.25) is 0 Å². The molecule has 0 bridgehead atoms. The average Bonchev–Trinajstić information content (AvgIpc) is 3.15. The van der Waals surface area contributed by atoms with E-state index in [-0.39, 0.29) is 12.1 Å². The average molecular weight is 287 g/mol. The molecule has 1 aromatic heterocycles. The van der Waals surface area contributed by atoms with Crippen LogP contribution in [-0.2, 0) is 11.3 Å². The Morgan fingerprint density at radius 1 is 1.30 bits per heavy atom. The normalized spacial score (nSPS) is 18.2. The molecule has 3 nitrogen and oxygen atoms in total. The summed E-state index contributed by atoms with van der Waals surface area (Å²) in [5.41, 5.74) is 2.25. The molecule has 20 heavy (non-hydrogen) atoms. The van der Waals surface area contributed by atoms with Crippen LogP contribution in [0.1, 0.15) is 30.0 Å². The van der Waals surface area contributed by atoms with Crippen LogP contribution in [-0.4, -0.2) is 17.5 Å². The van der Waals surface area contributed by atoms with E-state index in [1.165, 1.54) is 5.56 Å². The second-order valence-corrected chi connectivity index (χ2v) is 5.73. The molecule has 4 heteroatoms.